The molecular weight excluding hydrogens is 466 g/mol. The average molecular weight is 498 g/mol. The van der Waals surface area contributed by atoms with E-state index in [0.717, 1.165) is 41.2 Å². The summed E-state index contributed by atoms with van der Waals surface area (Å²) in [7, 11) is 5.46. The van der Waals surface area contributed by atoms with Gasteiger partial charge in [0.05, 0.1) is 30.2 Å². The fourth-order valence-electron chi connectivity index (χ4n) is 4.80. The fourth-order valence-corrected chi connectivity index (χ4v) is 4.80. The van der Waals surface area contributed by atoms with Crippen molar-refractivity contribution in [2.24, 2.45) is 0 Å². The maximum absolute atomic E-state index is 12.7. The van der Waals surface area contributed by atoms with Gasteiger partial charge in [0.25, 0.3) is 5.91 Å². The van der Waals surface area contributed by atoms with E-state index in [1.54, 1.807) is 25.3 Å². The van der Waals surface area contributed by atoms with Crippen molar-refractivity contribution in [1.82, 2.24) is 25.5 Å². The summed E-state index contributed by atoms with van der Waals surface area (Å²) in [6.45, 7) is 1.71. The lowest BCUT2D eigenvalue weighted by molar-refractivity contribution is 0.0857. The number of likely N-dealkylation sites (N-methyl/N-ethyl adjacent to an activating group) is 1. The van der Waals surface area contributed by atoms with E-state index in [0.29, 0.717) is 41.5 Å². The topological polar surface area (TPSA) is 115 Å². The average Bonchev–Trinajstić information content (AvgIpc) is 2.90. The van der Waals surface area contributed by atoms with E-state index >= 15 is 0 Å². The van der Waals surface area contributed by atoms with Gasteiger partial charge in [0.15, 0.2) is 0 Å². The van der Waals surface area contributed by atoms with Gasteiger partial charge >= 0.3 is 0 Å². The molecule has 3 aromatic rings. The summed E-state index contributed by atoms with van der Waals surface area (Å²) < 4.78 is 5.58. The van der Waals surface area contributed by atoms with Gasteiger partial charge in [-0.25, -0.2) is 9.97 Å². The quantitative estimate of drug-likeness (QED) is 0.396. The number of benzene rings is 2. The van der Waals surface area contributed by atoms with Crippen molar-refractivity contribution in [3.8, 4) is 5.75 Å². The first kappa shape index (κ1) is 24.5. The number of carbonyl (C=O) groups excluding carboxylic acids is 1. The van der Waals surface area contributed by atoms with E-state index < -0.39 is 0 Å². The zero-order valence-electron chi connectivity index (χ0n) is 21.3. The zero-order chi connectivity index (χ0) is 25.9. The fraction of sp³-hybridized carbons (Fsp3) is 0.286. The van der Waals surface area contributed by atoms with Crippen LogP contribution in [0.2, 0.25) is 0 Å². The Morgan fingerprint density at radius 2 is 1.89 bits per heavy atom. The Kier molecular flexibility index (Phi) is 6.87. The lowest BCUT2D eigenvalue weighted by Gasteiger charge is -2.36. The molecule has 5 rings (SSSR count). The highest BCUT2D eigenvalue weighted by atomic mass is 16.5. The normalized spacial score (nSPS) is 16.9. The number of aromatic nitrogens is 2. The van der Waals surface area contributed by atoms with Crippen LogP contribution in [0, 0.1) is 5.41 Å². The second kappa shape index (κ2) is 10.4. The third-order valence-corrected chi connectivity index (χ3v) is 6.72. The molecule has 0 atom stereocenters. The smallest absolute Gasteiger partial charge is 0.251 e. The molecule has 0 saturated carbocycles. The predicted molar refractivity (Wildman–Crippen MR) is 145 cm³/mol. The molecule has 9 heteroatoms. The van der Waals surface area contributed by atoms with Crippen molar-refractivity contribution < 1.29 is 9.53 Å². The van der Waals surface area contributed by atoms with Gasteiger partial charge in [-0.1, -0.05) is 30.3 Å². The summed E-state index contributed by atoms with van der Waals surface area (Å²) in [4.78, 5) is 24.2. The first-order valence-electron chi connectivity index (χ1n) is 12.3. The molecule has 2 aromatic carbocycles. The van der Waals surface area contributed by atoms with E-state index in [1.165, 1.54) is 0 Å². The van der Waals surface area contributed by atoms with Crippen LogP contribution in [-0.4, -0.2) is 66.8 Å². The zero-order valence-corrected chi connectivity index (χ0v) is 21.3. The van der Waals surface area contributed by atoms with Crippen LogP contribution in [0.4, 0.5) is 11.6 Å². The van der Waals surface area contributed by atoms with Crippen LogP contribution in [-0.2, 0) is 6.42 Å². The molecule has 1 amide bonds. The summed E-state index contributed by atoms with van der Waals surface area (Å²) in [5, 5.41) is 18.3. The molecule has 190 valence electrons. The number of ether oxygens (including phenoxy) is 1. The van der Waals surface area contributed by atoms with E-state index in [4.69, 9.17) is 15.1 Å². The van der Waals surface area contributed by atoms with E-state index in [1.807, 2.05) is 50.6 Å². The lowest BCUT2D eigenvalue weighted by Crippen LogP contribution is -2.57. The first-order chi connectivity index (χ1) is 18.0. The van der Waals surface area contributed by atoms with Gasteiger partial charge in [0, 0.05) is 43.2 Å². The Balaban J connectivity index is 1.44. The van der Waals surface area contributed by atoms with Crippen molar-refractivity contribution in [2.45, 2.75) is 18.9 Å². The third-order valence-electron chi connectivity index (χ3n) is 6.72. The number of fused-ring (bicyclic) bond motifs is 1. The first-order valence-corrected chi connectivity index (χ1v) is 12.3. The van der Waals surface area contributed by atoms with Crippen molar-refractivity contribution >= 4 is 34.5 Å². The summed E-state index contributed by atoms with van der Waals surface area (Å²) in [5.41, 5.74) is 6.09. The van der Waals surface area contributed by atoms with Crippen molar-refractivity contribution in [3.63, 3.8) is 0 Å². The third kappa shape index (κ3) is 5.03. The standard InChI is InChI=1S/C28H31N7O2/c1-30-25(17-7-5-4-6-8-17)24-21(29)11-9-19-14-31-28(34-26(19)24)33-22-12-10-18(13-23(22)37-3)27(36)32-20-15-35(2)16-20/h4-8,10,12-14,20,29-30H,9,11,15-16H2,1-3H3,(H,32,36)(H,31,33,34)/b25-24+,29-21?. The minimum atomic E-state index is -0.123. The van der Waals surface area contributed by atoms with Crippen LogP contribution in [0.1, 0.15) is 33.6 Å². The van der Waals surface area contributed by atoms with Crippen molar-refractivity contribution in [3.05, 3.63) is 77.1 Å². The summed E-state index contributed by atoms with van der Waals surface area (Å²) >= 11 is 0. The molecule has 0 radical (unpaired) electrons. The molecule has 1 saturated heterocycles. The Bertz CT molecular complexity index is 1360. The van der Waals surface area contributed by atoms with Gasteiger partial charge in [0.1, 0.15) is 5.75 Å². The van der Waals surface area contributed by atoms with Crippen LogP contribution >= 0.6 is 0 Å². The minimum Gasteiger partial charge on any atom is -0.495 e. The maximum atomic E-state index is 12.7. The van der Waals surface area contributed by atoms with Crippen molar-refractivity contribution in [2.75, 3.05) is 39.6 Å². The number of nitrogens with zero attached hydrogens (tertiary/aromatic N) is 3. The molecule has 0 spiro atoms. The number of likely N-dealkylation sites (tertiary alicyclic amines) is 1. The van der Waals surface area contributed by atoms with E-state index in [-0.39, 0.29) is 11.9 Å². The molecule has 37 heavy (non-hydrogen) atoms. The second-order valence-electron chi connectivity index (χ2n) is 9.34. The molecule has 1 aromatic heterocycles. The molecule has 9 nitrogen and oxygen atoms in total. The molecule has 2 aliphatic rings. The molecule has 4 N–H and O–H groups in total. The van der Waals surface area contributed by atoms with Crippen LogP contribution in [0.3, 0.4) is 0 Å². The number of anilines is 2. The van der Waals surface area contributed by atoms with E-state index in [2.05, 4.69) is 25.8 Å². The monoisotopic (exact) mass is 497 g/mol. The Morgan fingerprint density at radius 1 is 1.11 bits per heavy atom. The number of aryl methyl sites for hydroxylation is 1. The molecule has 1 fully saturated rings. The Labute approximate surface area is 216 Å². The Morgan fingerprint density at radius 3 is 2.59 bits per heavy atom. The van der Waals surface area contributed by atoms with Crippen LogP contribution < -0.4 is 20.7 Å². The summed E-state index contributed by atoms with van der Waals surface area (Å²) in [6, 6.07) is 15.4. The summed E-state index contributed by atoms with van der Waals surface area (Å²) in [6.07, 6.45) is 3.16. The lowest BCUT2D eigenvalue weighted by atomic mass is 9.87. The number of rotatable bonds is 7. The highest BCUT2D eigenvalue weighted by Gasteiger charge is 2.27. The number of allylic oxidation sites excluding steroid dienone is 1. The molecule has 1 aliphatic carbocycles. The van der Waals surface area contributed by atoms with Gasteiger partial charge in [0.2, 0.25) is 5.95 Å². The number of methoxy groups -OCH3 is 1. The van der Waals surface area contributed by atoms with Crippen LogP contribution in [0.5, 0.6) is 5.75 Å². The van der Waals surface area contributed by atoms with Gasteiger partial charge in [-0.05, 0) is 49.2 Å². The maximum Gasteiger partial charge on any atom is 0.251 e. The SMILES string of the molecule is CN/C(=C1\C(=N)CCc2cnc(Nc3ccc(C(=O)NC4CN(C)C4)cc3OC)nc21)c1ccccc1. The van der Waals surface area contributed by atoms with Crippen molar-refractivity contribution in [1.29, 1.82) is 5.41 Å². The van der Waals surface area contributed by atoms with E-state index in [9.17, 15) is 4.79 Å². The Hall–Kier alpha value is -4.24. The molecule has 0 bridgehead atoms. The molecular formula is C28H31N7O2. The largest absolute Gasteiger partial charge is 0.495 e. The number of nitrogens with one attached hydrogen (secondary N) is 4. The van der Waals surface area contributed by atoms with Gasteiger partial charge < -0.3 is 31.0 Å². The highest BCUT2D eigenvalue weighted by molar-refractivity contribution is 6.29. The van der Waals surface area contributed by atoms with Gasteiger partial charge in [-0.3, -0.25) is 4.79 Å². The number of hydrogen-bond acceptors (Lipinski definition) is 8. The number of amides is 1. The summed E-state index contributed by atoms with van der Waals surface area (Å²) in [5.74, 6) is 0.785. The number of hydrogen-bond donors (Lipinski definition) is 4. The number of carbonyl (C=O) groups is 1. The predicted octanol–water partition coefficient (Wildman–Crippen LogP) is 3.33. The molecule has 2 heterocycles. The molecule has 0 unspecified atom stereocenters. The second-order valence-corrected chi connectivity index (χ2v) is 9.34. The van der Waals surface area contributed by atoms with Gasteiger partial charge in [-0.15, -0.1) is 0 Å². The minimum absolute atomic E-state index is 0.123. The van der Waals surface area contributed by atoms with Crippen LogP contribution in [0.15, 0.2) is 54.7 Å². The highest BCUT2D eigenvalue weighted by Crippen LogP contribution is 2.34. The van der Waals surface area contributed by atoms with Crippen LogP contribution in [0.25, 0.3) is 11.3 Å². The van der Waals surface area contributed by atoms with Gasteiger partial charge in [-0.2, -0.15) is 0 Å². The molecule has 1 aliphatic heterocycles.